The third-order valence-electron chi connectivity index (χ3n) is 4.65. The molecule has 11 heteroatoms. The molecule has 1 heterocycles. The smallest absolute Gasteiger partial charge is 0.273 e. The number of nitrogens with zero attached hydrogens (tertiary/aromatic N) is 3. The van der Waals surface area contributed by atoms with Crippen molar-refractivity contribution in [3.05, 3.63) is 73.9 Å². The molecule has 8 nitrogen and oxygen atoms in total. The molecule has 0 bridgehead atoms. The Kier molecular flexibility index (Phi) is 7.11. The fourth-order valence-corrected chi connectivity index (χ4v) is 3.69. The van der Waals surface area contributed by atoms with Crippen molar-refractivity contribution in [1.82, 2.24) is 15.0 Å². The molecular formula is C22H20Cl3N5O3. The highest BCUT2D eigenvalue weighted by molar-refractivity contribution is 6.41. The van der Waals surface area contributed by atoms with E-state index in [1.165, 1.54) is 4.68 Å². The van der Waals surface area contributed by atoms with Gasteiger partial charge in [-0.1, -0.05) is 60.8 Å². The number of carbonyl (C=O) groups excluding carboxylic acids is 3. The van der Waals surface area contributed by atoms with Crippen molar-refractivity contribution >= 4 is 58.2 Å². The lowest BCUT2D eigenvalue weighted by Gasteiger charge is -2.18. The summed E-state index contributed by atoms with van der Waals surface area (Å²) in [5, 5.41) is 11.1. The van der Waals surface area contributed by atoms with Crippen LogP contribution in [-0.2, 0) is 11.3 Å². The number of nitrogens with two attached hydrogens (primary N) is 1. The van der Waals surface area contributed by atoms with Gasteiger partial charge in [-0.3, -0.25) is 14.4 Å². The van der Waals surface area contributed by atoms with Crippen LogP contribution in [0.5, 0.6) is 0 Å². The molecule has 0 saturated carbocycles. The lowest BCUT2D eigenvalue weighted by atomic mass is 9.96. The average molecular weight is 509 g/mol. The highest BCUT2D eigenvalue weighted by Crippen LogP contribution is 2.30. The molecule has 172 valence electrons. The Bertz CT molecular complexity index is 1220. The minimum Gasteiger partial charge on any atom is -0.364 e. The predicted molar refractivity (Wildman–Crippen MR) is 127 cm³/mol. The molecule has 33 heavy (non-hydrogen) atoms. The number of benzene rings is 2. The van der Waals surface area contributed by atoms with Gasteiger partial charge in [-0.15, -0.1) is 5.10 Å². The predicted octanol–water partition coefficient (Wildman–Crippen LogP) is 4.60. The van der Waals surface area contributed by atoms with Crippen LogP contribution >= 0.6 is 34.8 Å². The monoisotopic (exact) mass is 507 g/mol. The highest BCUT2D eigenvalue weighted by Gasteiger charge is 2.27. The first-order chi connectivity index (χ1) is 15.4. The first kappa shape index (κ1) is 24.7. The maximum absolute atomic E-state index is 12.9. The van der Waals surface area contributed by atoms with Gasteiger partial charge in [0.2, 0.25) is 5.91 Å². The van der Waals surface area contributed by atoms with E-state index < -0.39 is 11.3 Å². The molecule has 0 spiro atoms. The molecule has 2 aromatic carbocycles. The summed E-state index contributed by atoms with van der Waals surface area (Å²) in [6.07, 6.45) is 0. The first-order valence-electron chi connectivity index (χ1n) is 9.71. The summed E-state index contributed by atoms with van der Waals surface area (Å²) in [5.41, 5.74) is 5.54. The third kappa shape index (κ3) is 5.52. The molecule has 0 fully saturated rings. The first-order valence-corrected chi connectivity index (χ1v) is 10.8. The van der Waals surface area contributed by atoms with Gasteiger partial charge < -0.3 is 11.1 Å². The van der Waals surface area contributed by atoms with E-state index >= 15 is 0 Å². The number of ketones is 1. The normalized spacial score (nSPS) is 11.3. The number of rotatable bonds is 6. The summed E-state index contributed by atoms with van der Waals surface area (Å²) in [6.45, 7) is 5.21. The van der Waals surface area contributed by atoms with Gasteiger partial charge in [0.1, 0.15) is 0 Å². The minimum absolute atomic E-state index is 0.0505. The highest BCUT2D eigenvalue weighted by atomic mass is 35.5. The fraction of sp³-hybridized carbons (Fsp3) is 0.227. The molecule has 0 unspecified atom stereocenters. The number of nitrogens with one attached hydrogen (secondary N) is 1. The zero-order chi connectivity index (χ0) is 24.5. The number of hydrogen-bond donors (Lipinski definition) is 2. The van der Waals surface area contributed by atoms with Crippen LogP contribution in [0, 0.1) is 5.41 Å². The van der Waals surface area contributed by atoms with Crippen LogP contribution in [0.25, 0.3) is 0 Å². The number of carbonyl (C=O) groups is 3. The number of hydrogen-bond acceptors (Lipinski definition) is 5. The largest absolute Gasteiger partial charge is 0.364 e. The Hall–Kier alpha value is -2.94. The van der Waals surface area contributed by atoms with Crippen molar-refractivity contribution in [1.29, 1.82) is 0 Å². The van der Waals surface area contributed by atoms with E-state index in [0.717, 1.165) is 0 Å². The Morgan fingerprint density at radius 2 is 1.61 bits per heavy atom. The molecule has 0 saturated heterocycles. The summed E-state index contributed by atoms with van der Waals surface area (Å²) in [5.74, 6) is -1.50. The maximum atomic E-state index is 12.9. The molecule has 0 radical (unpaired) electrons. The van der Waals surface area contributed by atoms with Crippen molar-refractivity contribution in [2.45, 2.75) is 27.3 Å². The van der Waals surface area contributed by atoms with Crippen molar-refractivity contribution in [2.75, 3.05) is 5.32 Å². The summed E-state index contributed by atoms with van der Waals surface area (Å²) >= 11 is 18.7. The van der Waals surface area contributed by atoms with Gasteiger partial charge in [0, 0.05) is 16.0 Å². The number of amides is 2. The summed E-state index contributed by atoms with van der Waals surface area (Å²) in [4.78, 5) is 37.1. The Labute approximate surface area is 205 Å². The number of primary amides is 1. The van der Waals surface area contributed by atoms with Gasteiger partial charge in [-0.2, -0.15) is 0 Å². The van der Waals surface area contributed by atoms with Gasteiger partial charge in [-0.05, 0) is 42.0 Å². The van der Waals surface area contributed by atoms with Crippen molar-refractivity contribution in [3.8, 4) is 0 Å². The van der Waals surface area contributed by atoms with E-state index in [0.29, 0.717) is 16.1 Å². The molecule has 0 aliphatic carbocycles. The van der Waals surface area contributed by atoms with Crippen LogP contribution < -0.4 is 11.1 Å². The summed E-state index contributed by atoms with van der Waals surface area (Å²) in [6, 6.07) is 9.46. The Morgan fingerprint density at radius 1 is 1.03 bits per heavy atom. The molecular weight excluding hydrogens is 489 g/mol. The van der Waals surface area contributed by atoms with E-state index in [1.807, 2.05) is 0 Å². The van der Waals surface area contributed by atoms with Gasteiger partial charge in [-0.25, -0.2) is 4.68 Å². The van der Waals surface area contributed by atoms with Crippen LogP contribution in [-0.4, -0.2) is 32.6 Å². The van der Waals surface area contributed by atoms with Gasteiger partial charge in [0.25, 0.3) is 5.91 Å². The fourth-order valence-electron chi connectivity index (χ4n) is 2.86. The quantitative estimate of drug-likeness (QED) is 0.471. The second-order valence-electron chi connectivity index (χ2n) is 8.28. The molecule has 1 aromatic heterocycles. The zero-order valence-electron chi connectivity index (χ0n) is 17.9. The van der Waals surface area contributed by atoms with Crippen LogP contribution in [0.3, 0.4) is 0 Å². The Morgan fingerprint density at radius 3 is 2.12 bits per heavy atom. The molecule has 0 aliphatic rings. The van der Waals surface area contributed by atoms with E-state index in [1.54, 1.807) is 57.2 Å². The standard InChI is InChI=1S/C22H20Cl3N5O3/c1-22(2,3)21(33)27-20-17(19(26)32)28-29-30(20)10-11-8-14(24)16(15(25)9-11)18(31)12-4-6-13(23)7-5-12/h4-9H,10H2,1-3H3,(H2,26,32)(H,27,33). The second-order valence-corrected chi connectivity index (χ2v) is 9.53. The number of aromatic nitrogens is 3. The average Bonchev–Trinajstić information content (AvgIpc) is 3.09. The van der Waals surface area contributed by atoms with Crippen LogP contribution in [0.15, 0.2) is 36.4 Å². The molecule has 0 atom stereocenters. The van der Waals surface area contributed by atoms with Crippen LogP contribution in [0.1, 0.15) is 52.7 Å². The number of halogens is 3. The summed E-state index contributed by atoms with van der Waals surface area (Å²) < 4.78 is 1.30. The maximum Gasteiger partial charge on any atom is 0.273 e. The lowest BCUT2D eigenvalue weighted by molar-refractivity contribution is -0.123. The zero-order valence-corrected chi connectivity index (χ0v) is 20.2. The van der Waals surface area contributed by atoms with Crippen molar-refractivity contribution in [3.63, 3.8) is 0 Å². The van der Waals surface area contributed by atoms with Gasteiger partial charge in [0.05, 0.1) is 22.2 Å². The van der Waals surface area contributed by atoms with Crippen molar-refractivity contribution in [2.24, 2.45) is 11.1 Å². The van der Waals surface area contributed by atoms with Gasteiger partial charge in [0.15, 0.2) is 17.3 Å². The molecule has 2 amide bonds. The SMILES string of the molecule is CC(C)(C)C(=O)Nc1c(C(N)=O)nnn1Cc1cc(Cl)c(C(=O)c2ccc(Cl)cc2)c(Cl)c1. The van der Waals surface area contributed by atoms with Crippen LogP contribution in [0.2, 0.25) is 15.1 Å². The lowest BCUT2D eigenvalue weighted by Crippen LogP contribution is -2.30. The molecule has 0 aliphatic heterocycles. The number of anilines is 1. The van der Waals surface area contributed by atoms with Crippen LogP contribution in [0.4, 0.5) is 5.82 Å². The van der Waals surface area contributed by atoms with E-state index in [2.05, 4.69) is 15.6 Å². The van der Waals surface area contributed by atoms with E-state index in [-0.39, 0.29) is 45.4 Å². The summed E-state index contributed by atoms with van der Waals surface area (Å²) in [7, 11) is 0. The second kappa shape index (κ2) is 9.51. The molecule has 3 N–H and O–H groups in total. The molecule has 3 rings (SSSR count). The van der Waals surface area contributed by atoms with Gasteiger partial charge >= 0.3 is 0 Å². The topological polar surface area (TPSA) is 120 Å². The van der Waals surface area contributed by atoms with Crippen molar-refractivity contribution < 1.29 is 14.4 Å². The van der Waals surface area contributed by atoms with E-state index in [9.17, 15) is 14.4 Å². The minimum atomic E-state index is -0.842. The third-order valence-corrected chi connectivity index (χ3v) is 5.50. The Balaban J connectivity index is 1.95. The molecule has 3 aromatic rings. The van der Waals surface area contributed by atoms with E-state index in [4.69, 9.17) is 40.5 Å².